The summed E-state index contributed by atoms with van der Waals surface area (Å²) in [5, 5.41) is 0. The third-order valence-electron chi connectivity index (χ3n) is 3.08. The van der Waals surface area contributed by atoms with Gasteiger partial charge in [-0.15, -0.1) is 0 Å². The van der Waals surface area contributed by atoms with Crippen LogP contribution in [0.4, 0.5) is 5.69 Å². The number of sulfonamides is 1. The molecule has 0 saturated carbocycles. The van der Waals surface area contributed by atoms with E-state index in [-0.39, 0.29) is 4.90 Å². The summed E-state index contributed by atoms with van der Waals surface area (Å²) in [6.07, 6.45) is 0. The van der Waals surface area contributed by atoms with Crippen LogP contribution in [0.5, 0.6) is 0 Å². The lowest BCUT2D eigenvalue weighted by Crippen LogP contribution is -2.19. The number of nitrogens with one attached hydrogen (secondary N) is 1. The summed E-state index contributed by atoms with van der Waals surface area (Å²) in [5.41, 5.74) is 8.44. The highest BCUT2D eigenvalue weighted by Gasteiger charge is 2.18. The van der Waals surface area contributed by atoms with Gasteiger partial charge in [0.2, 0.25) is 10.0 Å². The highest BCUT2D eigenvalue weighted by atomic mass is 32.2. The molecule has 3 N–H and O–H groups in total. The normalized spacial score (nSPS) is 11.6. The zero-order valence-corrected chi connectivity index (χ0v) is 13.8. The number of anilines is 1. The minimum atomic E-state index is -3.54. The molecular formula is C15H18N2O2S2. The fraction of sp³-hybridized carbons (Fsp3) is 0.200. The Kier molecular flexibility index (Phi) is 4.61. The van der Waals surface area contributed by atoms with E-state index in [4.69, 9.17) is 5.73 Å². The van der Waals surface area contributed by atoms with E-state index in [1.807, 2.05) is 26.0 Å². The van der Waals surface area contributed by atoms with Crippen molar-refractivity contribution in [3.05, 3.63) is 47.5 Å². The summed E-state index contributed by atoms with van der Waals surface area (Å²) >= 11 is 1.43. The van der Waals surface area contributed by atoms with Gasteiger partial charge in [-0.25, -0.2) is 13.1 Å². The van der Waals surface area contributed by atoms with Crippen LogP contribution in [-0.2, 0) is 10.0 Å². The summed E-state index contributed by atoms with van der Waals surface area (Å²) in [6.45, 7) is 4.04. The van der Waals surface area contributed by atoms with E-state index in [9.17, 15) is 8.42 Å². The molecule has 0 amide bonds. The average molecular weight is 322 g/mol. The SMILES string of the molecule is CNS(=O)(=O)c1cc(N)ccc1Sc1ccc(C)cc1C. The first kappa shape index (κ1) is 15.9. The summed E-state index contributed by atoms with van der Waals surface area (Å²) in [5.74, 6) is 0. The van der Waals surface area contributed by atoms with E-state index in [2.05, 4.69) is 10.8 Å². The van der Waals surface area contributed by atoms with Crippen molar-refractivity contribution in [2.75, 3.05) is 12.8 Å². The van der Waals surface area contributed by atoms with Gasteiger partial charge in [0.15, 0.2) is 0 Å². The molecule has 2 aromatic rings. The molecule has 0 aliphatic heterocycles. The van der Waals surface area contributed by atoms with Gasteiger partial charge in [-0.3, -0.25) is 0 Å². The highest BCUT2D eigenvalue weighted by Crippen LogP contribution is 2.35. The number of hydrogen-bond donors (Lipinski definition) is 2. The standard InChI is InChI=1S/C15H18N2O2S2/c1-10-4-6-13(11(2)8-10)20-14-7-5-12(16)9-15(14)21(18,19)17-3/h4-9,17H,16H2,1-3H3. The van der Waals surface area contributed by atoms with Gasteiger partial charge in [0, 0.05) is 15.5 Å². The summed E-state index contributed by atoms with van der Waals surface area (Å²) in [4.78, 5) is 1.89. The van der Waals surface area contributed by atoms with Crippen LogP contribution in [0.2, 0.25) is 0 Å². The minimum Gasteiger partial charge on any atom is -0.399 e. The molecule has 4 nitrogen and oxygen atoms in total. The molecule has 0 radical (unpaired) electrons. The monoisotopic (exact) mass is 322 g/mol. The zero-order valence-electron chi connectivity index (χ0n) is 12.2. The summed E-state index contributed by atoms with van der Waals surface area (Å²) in [6, 6.07) is 11.0. The van der Waals surface area contributed by atoms with Crippen molar-refractivity contribution in [3.63, 3.8) is 0 Å². The Balaban J connectivity index is 2.50. The fourth-order valence-electron chi connectivity index (χ4n) is 1.96. The molecule has 6 heteroatoms. The summed E-state index contributed by atoms with van der Waals surface area (Å²) < 4.78 is 26.6. The van der Waals surface area contributed by atoms with Gasteiger partial charge in [-0.05, 0) is 50.7 Å². The third-order valence-corrected chi connectivity index (χ3v) is 5.91. The molecule has 0 heterocycles. The van der Waals surface area contributed by atoms with Crippen LogP contribution >= 0.6 is 11.8 Å². The van der Waals surface area contributed by atoms with Crippen LogP contribution in [0.15, 0.2) is 51.1 Å². The molecule has 0 atom stereocenters. The number of aryl methyl sites for hydroxylation is 2. The molecule has 0 unspecified atom stereocenters. The molecule has 0 aliphatic rings. The van der Waals surface area contributed by atoms with Crippen molar-refractivity contribution in [2.45, 2.75) is 28.5 Å². The Hall–Kier alpha value is -1.50. The van der Waals surface area contributed by atoms with Crippen molar-refractivity contribution in [3.8, 4) is 0 Å². The topological polar surface area (TPSA) is 72.2 Å². The third kappa shape index (κ3) is 3.58. The Morgan fingerprint density at radius 3 is 2.33 bits per heavy atom. The van der Waals surface area contributed by atoms with Crippen LogP contribution in [0.3, 0.4) is 0 Å². The van der Waals surface area contributed by atoms with Gasteiger partial charge in [-0.1, -0.05) is 29.5 Å². The van der Waals surface area contributed by atoms with Crippen LogP contribution in [0.25, 0.3) is 0 Å². The second kappa shape index (κ2) is 6.09. The number of rotatable bonds is 4. The van der Waals surface area contributed by atoms with Gasteiger partial charge in [0.25, 0.3) is 0 Å². The second-order valence-electron chi connectivity index (χ2n) is 4.78. The number of nitrogens with two attached hydrogens (primary N) is 1. The second-order valence-corrected chi connectivity index (χ2v) is 7.72. The van der Waals surface area contributed by atoms with Gasteiger partial charge in [0.05, 0.1) is 4.90 Å². The molecule has 2 rings (SSSR count). The van der Waals surface area contributed by atoms with Gasteiger partial charge < -0.3 is 5.73 Å². The lowest BCUT2D eigenvalue weighted by Gasteiger charge is -2.12. The van der Waals surface area contributed by atoms with E-state index < -0.39 is 10.0 Å². The largest absolute Gasteiger partial charge is 0.399 e. The van der Waals surface area contributed by atoms with Crippen LogP contribution in [-0.4, -0.2) is 15.5 Å². The summed E-state index contributed by atoms with van der Waals surface area (Å²) in [7, 11) is -2.15. The first-order valence-corrected chi connectivity index (χ1v) is 8.71. The lowest BCUT2D eigenvalue weighted by molar-refractivity contribution is 0.586. The number of hydrogen-bond acceptors (Lipinski definition) is 4. The van der Waals surface area contributed by atoms with Gasteiger partial charge in [0.1, 0.15) is 0 Å². The van der Waals surface area contributed by atoms with Crippen LogP contribution in [0.1, 0.15) is 11.1 Å². The first-order chi connectivity index (χ1) is 9.83. The Morgan fingerprint density at radius 1 is 1.05 bits per heavy atom. The van der Waals surface area contributed by atoms with Crippen molar-refractivity contribution in [1.82, 2.24) is 4.72 Å². The van der Waals surface area contributed by atoms with Crippen molar-refractivity contribution in [1.29, 1.82) is 0 Å². The maximum Gasteiger partial charge on any atom is 0.241 e. The predicted molar refractivity (Wildman–Crippen MR) is 87.1 cm³/mol. The maximum absolute atomic E-state index is 12.1. The molecular weight excluding hydrogens is 304 g/mol. The highest BCUT2D eigenvalue weighted by molar-refractivity contribution is 8.00. The Labute approximate surface area is 129 Å². The average Bonchev–Trinajstić information content (AvgIpc) is 2.43. The van der Waals surface area contributed by atoms with E-state index >= 15 is 0 Å². The molecule has 0 saturated heterocycles. The molecule has 112 valence electrons. The lowest BCUT2D eigenvalue weighted by atomic mass is 10.2. The molecule has 0 bridgehead atoms. The quantitative estimate of drug-likeness (QED) is 0.849. The van der Waals surface area contributed by atoms with E-state index in [1.54, 1.807) is 12.1 Å². The molecule has 0 fully saturated rings. The smallest absolute Gasteiger partial charge is 0.241 e. The Bertz CT molecular complexity index is 771. The fourth-order valence-corrected chi connectivity index (χ4v) is 4.15. The van der Waals surface area contributed by atoms with E-state index in [0.717, 1.165) is 10.5 Å². The molecule has 0 spiro atoms. The Morgan fingerprint density at radius 2 is 1.71 bits per heavy atom. The predicted octanol–water partition coefficient (Wildman–Crippen LogP) is 2.94. The maximum atomic E-state index is 12.1. The zero-order chi connectivity index (χ0) is 15.6. The van der Waals surface area contributed by atoms with Crippen LogP contribution in [0, 0.1) is 13.8 Å². The van der Waals surface area contributed by atoms with E-state index in [0.29, 0.717) is 10.6 Å². The van der Waals surface area contributed by atoms with Crippen molar-refractivity contribution >= 4 is 27.5 Å². The van der Waals surface area contributed by atoms with Gasteiger partial charge >= 0.3 is 0 Å². The first-order valence-electron chi connectivity index (χ1n) is 6.41. The van der Waals surface area contributed by atoms with E-state index in [1.165, 1.54) is 30.4 Å². The minimum absolute atomic E-state index is 0.204. The van der Waals surface area contributed by atoms with Crippen molar-refractivity contribution < 1.29 is 8.42 Å². The van der Waals surface area contributed by atoms with Crippen molar-refractivity contribution in [2.24, 2.45) is 0 Å². The number of nitrogen functional groups attached to an aromatic ring is 1. The van der Waals surface area contributed by atoms with Gasteiger partial charge in [-0.2, -0.15) is 0 Å². The molecule has 0 aliphatic carbocycles. The van der Waals surface area contributed by atoms with Crippen LogP contribution < -0.4 is 10.5 Å². The number of benzene rings is 2. The molecule has 2 aromatic carbocycles. The molecule has 21 heavy (non-hydrogen) atoms. The molecule has 0 aromatic heterocycles.